The van der Waals surface area contributed by atoms with Gasteiger partial charge in [-0.25, -0.2) is 0 Å². The van der Waals surface area contributed by atoms with Gasteiger partial charge in [-0.05, 0) is 20.3 Å². The number of nitrogens with one attached hydrogen (secondary N) is 2. The molecule has 0 radical (unpaired) electrons. The zero-order valence-electron chi connectivity index (χ0n) is 8.39. The molecule has 1 unspecified atom stereocenters. The van der Waals surface area contributed by atoms with E-state index in [0.717, 1.165) is 19.5 Å². The highest BCUT2D eigenvalue weighted by Gasteiger charge is 2.16. The van der Waals surface area contributed by atoms with E-state index in [2.05, 4.69) is 30.6 Å². The van der Waals surface area contributed by atoms with Crippen molar-refractivity contribution in [2.45, 2.75) is 32.7 Å². The molecule has 1 atom stereocenters. The van der Waals surface area contributed by atoms with Crippen molar-refractivity contribution in [3.05, 3.63) is 11.6 Å². The van der Waals surface area contributed by atoms with Crippen LogP contribution >= 0.6 is 0 Å². The summed E-state index contributed by atoms with van der Waals surface area (Å²) in [6, 6.07) is 0.452. The molecule has 1 aliphatic rings. The van der Waals surface area contributed by atoms with Crippen LogP contribution in [0.5, 0.6) is 0 Å². The normalized spacial score (nSPS) is 22.3. The zero-order chi connectivity index (χ0) is 9.68. The molecular weight excluding hydrogens is 164 g/mol. The van der Waals surface area contributed by atoms with Crippen LogP contribution in [0, 0.1) is 0 Å². The number of piperidine rings is 1. The van der Waals surface area contributed by atoms with Gasteiger partial charge in [0.05, 0.1) is 0 Å². The summed E-state index contributed by atoms with van der Waals surface area (Å²) < 4.78 is 0. The molecule has 74 valence electrons. The molecule has 0 aromatic rings. The molecule has 1 aliphatic heterocycles. The van der Waals surface area contributed by atoms with Crippen molar-refractivity contribution in [1.29, 1.82) is 0 Å². The minimum atomic E-state index is 0.181. The van der Waals surface area contributed by atoms with Crippen LogP contribution in [0.25, 0.3) is 0 Å². The van der Waals surface area contributed by atoms with Crippen molar-refractivity contribution in [3.8, 4) is 0 Å². The summed E-state index contributed by atoms with van der Waals surface area (Å²) >= 11 is 0. The van der Waals surface area contributed by atoms with Crippen LogP contribution in [-0.4, -0.2) is 25.0 Å². The molecule has 13 heavy (non-hydrogen) atoms. The molecule has 0 aromatic carbocycles. The topological polar surface area (TPSA) is 41.1 Å². The van der Waals surface area contributed by atoms with Crippen LogP contribution < -0.4 is 10.6 Å². The van der Waals surface area contributed by atoms with Crippen LogP contribution in [0.1, 0.15) is 26.7 Å². The summed E-state index contributed by atoms with van der Waals surface area (Å²) in [7, 11) is 0. The lowest BCUT2D eigenvalue weighted by Gasteiger charge is -2.22. The minimum absolute atomic E-state index is 0.181. The Morgan fingerprint density at radius 1 is 1.69 bits per heavy atom. The maximum absolute atomic E-state index is 10.8. The zero-order valence-corrected chi connectivity index (χ0v) is 8.39. The van der Waals surface area contributed by atoms with Gasteiger partial charge in [-0.15, -0.1) is 0 Å². The maximum atomic E-state index is 10.8. The number of allylic oxidation sites excluding steroid dienone is 1. The van der Waals surface area contributed by atoms with Crippen LogP contribution in [0.15, 0.2) is 11.6 Å². The lowest BCUT2D eigenvalue weighted by molar-refractivity contribution is -0.122. The number of carbonyl (C=O) groups is 1. The van der Waals surface area contributed by atoms with Crippen LogP contribution in [0.3, 0.4) is 0 Å². The first kappa shape index (κ1) is 10.3. The highest BCUT2D eigenvalue weighted by molar-refractivity contribution is 5.76. The van der Waals surface area contributed by atoms with Gasteiger partial charge in [0.25, 0.3) is 0 Å². The number of carbonyl (C=O) groups excluding carboxylic acids is 1. The Morgan fingerprint density at radius 3 is 3.00 bits per heavy atom. The first-order chi connectivity index (χ1) is 6.18. The fourth-order valence-electron chi connectivity index (χ4n) is 1.34. The van der Waals surface area contributed by atoms with E-state index < -0.39 is 0 Å². The minimum Gasteiger partial charge on any atom is -0.355 e. The van der Waals surface area contributed by atoms with Gasteiger partial charge < -0.3 is 10.6 Å². The van der Waals surface area contributed by atoms with E-state index in [1.165, 1.54) is 5.57 Å². The van der Waals surface area contributed by atoms with Crippen molar-refractivity contribution < 1.29 is 4.79 Å². The Labute approximate surface area is 79.6 Å². The lowest BCUT2D eigenvalue weighted by Crippen LogP contribution is -2.45. The third-order valence-electron chi connectivity index (χ3n) is 2.18. The summed E-state index contributed by atoms with van der Waals surface area (Å²) in [5, 5.41) is 6.23. The van der Waals surface area contributed by atoms with E-state index in [4.69, 9.17) is 0 Å². The molecule has 0 saturated carbocycles. The van der Waals surface area contributed by atoms with Gasteiger partial charge in [0, 0.05) is 25.6 Å². The van der Waals surface area contributed by atoms with Crippen molar-refractivity contribution in [2.75, 3.05) is 13.1 Å². The third-order valence-corrected chi connectivity index (χ3v) is 2.18. The molecule has 3 nitrogen and oxygen atoms in total. The summed E-state index contributed by atoms with van der Waals surface area (Å²) in [5.41, 5.74) is 1.33. The third kappa shape index (κ3) is 4.08. The highest BCUT2D eigenvalue weighted by atomic mass is 16.1. The first-order valence-corrected chi connectivity index (χ1v) is 4.82. The molecule has 0 bridgehead atoms. The van der Waals surface area contributed by atoms with E-state index in [-0.39, 0.29) is 5.91 Å². The lowest BCUT2D eigenvalue weighted by atomic mass is 10.1. The van der Waals surface area contributed by atoms with Crippen molar-refractivity contribution >= 4 is 5.91 Å². The predicted molar refractivity (Wildman–Crippen MR) is 53.5 cm³/mol. The smallest absolute Gasteiger partial charge is 0.220 e. The summed E-state index contributed by atoms with van der Waals surface area (Å²) in [6.45, 7) is 5.85. The quantitative estimate of drug-likeness (QED) is 0.634. The number of rotatable bonds is 3. The van der Waals surface area contributed by atoms with Gasteiger partial charge >= 0.3 is 0 Å². The van der Waals surface area contributed by atoms with E-state index >= 15 is 0 Å². The van der Waals surface area contributed by atoms with Crippen molar-refractivity contribution in [1.82, 2.24) is 10.6 Å². The van der Waals surface area contributed by atoms with E-state index in [0.29, 0.717) is 12.5 Å². The number of amides is 1. The van der Waals surface area contributed by atoms with Crippen LogP contribution in [0.2, 0.25) is 0 Å². The second-order valence-corrected chi connectivity index (χ2v) is 3.73. The van der Waals surface area contributed by atoms with E-state index in [9.17, 15) is 4.79 Å². The monoisotopic (exact) mass is 182 g/mol. The molecule has 0 spiro atoms. The highest BCUT2D eigenvalue weighted by Crippen LogP contribution is 2.02. The molecule has 1 saturated heterocycles. The van der Waals surface area contributed by atoms with Gasteiger partial charge in [0.2, 0.25) is 5.91 Å². The van der Waals surface area contributed by atoms with Gasteiger partial charge in [0.1, 0.15) is 0 Å². The Hall–Kier alpha value is -0.830. The molecule has 0 aromatic heterocycles. The van der Waals surface area contributed by atoms with Crippen molar-refractivity contribution in [3.63, 3.8) is 0 Å². The average Bonchev–Trinajstić information content (AvgIpc) is 2.08. The average molecular weight is 182 g/mol. The standard InChI is InChI=1S/C10H18N2O/c1-8(2)5-6-11-9-3-4-10(13)12-7-9/h5,9,11H,3-4,6-7H2,1-2H3,(H,12,13). The predicted octanol–water partition coefficient (Wildman–Crippen LogP) is 0.821. The van der Waals surface area contributed by atoms with Crippen LogP contribution in [-0.2, 0) is 4.79 Å². The molecule has 1 fully saturated rings. The molecule has 1 amide bonds. The van der Waals surface area contributed by atoms with Gasteiger partial charge in [0.15, 0.2) is 0 Å². The first-order valence-electron chi connectivity index (χ1n) is 4.82. The Bertz CT molecular complexity index is 197. The van der Waals surface area contributed by atoms with E-state index in [1.54, 1.807) is 0 Å². The summed E-state index contributed by atoms with van der Waals surface area (Å²) in [6.07, 6.45) is 3.78. The largest absolute Gasteiger partial charge is 0.355 e. The molecule has 1 rings (SSSR count). The maximum Gasteiger partial charge on any atom is 0.220 e. The second-order valence-electron chi connectivity index (χ2n) is 3.73. The van der Waals surface area contributed by atoms with Gasteiger partial charge in [-0.3, -0.25) is 4.79 Å². The van der Waals surface area contributed by atoms with E-state index in [1.807, 2.05) is 0 Å². The van der Waals surface area contributed by atoms with Crippen molar-refractivity contribution in [2.24, 2.45) is 0 Å². The fraction of sp³-hybridized carbons (Fsp3) is 0.700. The fourth-order valence-corrected chi connectivity index (χ4v) is 1.34. The molecular formula is C10H18N2O. The SMILES string of the molecule is CC(C)=CCNC1CCC(=O)NC1. The molecule has 2 N–H and O–H groups in total. The second kappa shape index (κ2) is 5.02. The van der Waals surface area contributed by atoms with Gasteiger partial charge in [-0.2, -0.15) is 0 Å². The Morgan fingerprint density at radius 2 is 2.46 bits per heavy atom. The van der Waals surface area contributed by atoms with Crippen LogP contribution in [0.4, 0.5) is 0 Å². The number of hydrogen-bond donors (Lipinski definition) is 2. The summed E-state index contributed by atoms with van der Waals surface area (Å²) in [5.74, 6) is 0.181. The van der Waals surface area contributed by atoms with Gasteiger partial charge in [-0.1, -0.05) is 11.6 Å². The summed E-state index contributed by atoms with van der Waals surface area (Å²) in [4.78, 5) is 10.8. The number of hydrogen-bond acceptors (Lipinski definition) is 2. The molecule has 3 heteroatoms. The molecule has 0 aliphatic carbocycles. The Kier molecular flexibility index (Phi) is 3.96. The Balaban J connectivity index is 2.16. The molecule has 1 heterocycles.